The van der Waals surface area contributed by atoms with Crippen LogP contribution in [0.1, 0.15) is 29.8 Å². The number of imidazole rings is 1. The molecule has 2 aromatic carbocycles. The van der Waals surface area contributed by atoms with Crippen LogP contribution in [0.4, 0.5) is 0 Å². The zero-order valence-corrected chi connectivity index (χ0v) is 17.7. The largest absolute Gasteiger partial charge is 0.493 e. The number of ether oxygens (including phenoxy) is 2. The van der Waals surface area contributed by atoms with E-state index in [4.69, 9.17) is 19.7 Å². The van der Waals surface area contributed by atoms with Crippen molar-refractivity contribution in [3.05, 3.63) is 77.7 Å². The summed E-state index contributed by atoms with van der Waals surface area (Å²) in [6.07, 6.45) is 7.97. The second kappa shape index (κ2) is 8.56. The minimum atomic E-state index is 0.518. The second-order valence-electron chi connectivity index (χ2n) is 7.78. The number of hydrogen-bond donors (Lipinski definition) is 0. The molecule has 0 N–H and O–H groups in total. The zero-order chi connectivity index (χ0) is 21.9. The van der Waals surface area contributed by atoms with Crippen LogP contribution < -0.4 is 9.47 Å². The van der Waals surface area contributed by atoms with Crippen molar-refractivity contribution < 1.29 is 9.47 Å². The van der Waals surface area contributed by atoms with Crippen molar-refractivity contribution in [1.29, 1.82) is 5.26 Å². The Balaban J connectivity index is 1.56. The molecule has 32 heavy (non-hydrogen) atoms. The Labute approximate surface area is 186 Å². The minimum Gasteiger partial charge on any atom is -0.493 e. The number of methoxy groups -OCH3 is 1. The summed E-state index contributed by atoms with van der Waals surface area (Å²) >= 11 is 0. The van der Waals surface area contributed by atoms with Crippen molar-refractivity contribution >= 4 is 23.2 Å². The van der Waals surface area contributed by atoms with Crippen LogP contribution in [-0.2, 0) is 0 Å². The summed E-state index contributed by atoms with van der Waals surface area (Å²) in [6.45, 7) is 0.703. The average Bonchev–Trinajstić information content (AvgIpc) is 3.60. The molecule has 158 valence electrons. The summed E-state index contributed by atoms with van der Waals surface area (Å²) in [7, 11) is 1.66. The second-order valence-corrected chi connectivity index (χ2v) is 7.78. The monoisotopic (exact) mass is 422 g/mol. The van der Waals surface area contributed by atoms with E-state index in [1.54, 1.807) is 19.4 Å². The lowest BCUT2D eigenvalue weighted by Crippen LogP contribution is -2.02. The van der Waals surface area contributed by atoms with E-state index in [9.17, 15) is 0 Å². The van der Waals surface area contributed by atoms with E-state index in [0.29, 0.717) is 23.9 Å². The molecule has 2 aromatic heterocycles. The van der Waals surface area contributed by atoms with E-state index >= 15 is 0 Å². The topological polar surface area (TPSA) is 73.0 Å². The van der Waals surface area contributed by atoms with Crippen molar-refractivity contribution in [1.82, 2.24) is 14.5 Å². The maximum atomic E-state index is 9.10. The molecule has 1 fully saturated rings. The smallest absolute Gasteiger partial charge is 0.168 e. The maximum Gasteiger partial charge on any atom is 0.168 e. The Morgan fingerprint density at radius 1 is 1.09 bits per heavy atom. The molecule has 0 amide bonds. The Hall–Kier alpha value is -4.11. The van der Waals surface area contributed by atoms with E-state index < -0.39 is 0 Å². The van der Waals surface area contributed by atoms with Gasteiger partial charge in [-0.15, -0.1) is 0 Å². The Bertz CT molecular complexity index is 1330. The lowest BCUT2D eigenvalue weighted by molar-refractivity contribution is 0.280. The van der Waals surface area contributed by atoms with Crippen LogP contribution >= 0.6 is 0 Å². The molecule has 1 aliphatic rings. The molecular formula is C26H22N4O2. The predicted octanol–water partition coefficient (Wildman–Crippen LogP) is 5.26. The molecule has 4 aromatic rings. The van der Waals surface area contributed by atoms with Gasteiger partial charge in [-0.1, -0.05) is 24.3 Å². The maximum absolute atomic E-state index is 9.10. The fraction of sp³-hybridized carbons (Fsp3) is 0.192. The van der Waals surface area contributed by atoms with E-state index in [2.05, 4.69) is 11.1 Å². The molecule has 1 saturated carbocycles. The Morgan fingerprint density at radius 2 is 1.97 bits per heavy atom. The standard InChI is InChI=1S/C26H22N4O2/c1-31-23-8-4-5-20(26(23)32-17-18-9-10-18)12-14-25-29-21-6-2-3-7-22(21)30(25)24-13-11-19(15-27)16-28-24/h2-8,11-14,16,18H,9-10,17H2,1H3. The number of nitriles is 1. The van der Waals surface area contributed by atoms with E-state index in [0.717, 1.165) is 33.9 Å². The molecule has 0 saturated heterocycles. The highest BCUT2D eigenvalue weighted by Gasteiger charge is 2.23. The van der Waals surface area contributed by atoms with Crippen molar-refractivity contribution in [2.45, 2.75) is 12.8 Å². The summed E-state index contributed by atoms with van der Waals surface area (Å²) in [5, 5.41) is 9.10. The first-order valence-electron chi connectivity index (χ1n) is 10.6. The highest BCUT2D eigenvalue weighted by atomic mass is 16.5. The van der Waals surface area contributed by atoms with Crippen molar-refractivity contribution in [3.8, 4) is 23.4 Å². The molecule has 2 heterocycles. The fourth-order valence-corrected chi connectivity index (χ4v) is 3.61. The number of aromatic nitrogens is 3. The molecular weight excluding hydrogens is 400 g/mol. The van der Waals surface area contributed by atoms with Crippen molar-refractivity contribution in [3.63, 3.8) is 0 Å². The van der Waals surface area contributed by atoms with Crippen molar-refractivity contribution in [2.24, 2.45) is 5.92 Å². The van der Waals surface area contributed by atoms with Gasteiger partial charge in [0.05, 0.1) is 30.3 Å². The van der Waals surface area contributed by atoms with Crippen molar-refractivity contribution in [2.75, 3.05) is 13.7 Å². The summed E-state index contributed by atoms with van der Waals surface area (Å²) < 4.78 is 13.6. The summed E-state index contributed by atoms with van der Waals surface area (Å²) in [4.78, 5) is 9.28. The first-order valence-corrected chi connectivity index (χ1v) is 10.6. The highest BCUT2D eigenvalue weighted by molar-refractivity contribution is 5.82. The molecule has 0 aliphatic heterocycles. The third-order valence-corrected chi connectivity index (χ3v) is 5.49. The first-order chi connectivity index (χ1) is 15.8. The molecule has 6 nitrogen and oxygen atoms in total. The van der Waals surface area contributed by atoms with Crippen LogP contribution in [0.25, 0.3) is 29.0 Å². The van der Waals surface area contributed by atoms with Gasteiger partial charge in [0.25, 0.3) is 0 Å². The van der Waals surface area contributed by atoms with E-state index in [1.165, 1.54) is 12.8 Å². The van der Waals surface area contributed by atoms with Gasteiger partial charge in [-0.2, -0.15) is 5.26 Å². The number of rotatable bonds is 7. The molecule has 6 heteroatoms. The molecule has 0 spiro atoms. The first kappa shape index (κ1) is 19.8. The van der Waals surface area contributed by atoms with Crippen LogP contribution in [0.15, 0.2) is 60.8 Å². The van der Waals surface area contributed by atoms with Gasteiger partial charge in [-0.05, 0) is 61.2 Å². The van der Waals surface area contributed by atoms with Crippen LogP contribution in [0.3, 0.4) is 0 Å². The van der Waals surface area contributed by atoms with E-state index in [-0.39, 0.29) is 0 Å². The van der Waals surface area contributed by atoms with Crippen LogP contribution in [0.5, 0.6) is 11.5 Å². The quantitative estimate of drug-likeness (QED) is 0.406. The van der Waals surface area contributed by atoms with E-state index in [1.807, 2.05) is 65.3 Å². The molecule has 0 atom stereocenters. The van der Waals surface area contributed by atoms with Gasteiger partial charge in [-0.3, -0.25) is 4.57 Å². The highest BCUT2D eigenvalue weighted by Crippen LogP contribution is 2.36. The van der Waals surface area contributed by atoms with Gasteiger partial charge in [0, 0.05) is 11.8 Å². The molecule has 5 rings (SSSR count). The lowest BCUT2D eigenvalue weighted by Gasteiger charge is -2.13. The SMILES string of the molecule is COc1cccc(C=Cc2nc3ccccc3n2-c2ccc(C#N)cn2)c1OCC1CC1. The van der Waals surface area contributed by atoms with Gasteiger partial charge in [-0.25, -0.2) is 9.97 Å². The Kier molecular flexibility index (Phi) is 5.30. The van der Waals surface area contributed by atoms with Gasteiger partial charge < -0.3 is 9.47 Å². The molecule has 1 aliphatic carbocycles. The summed E-state index contributed by atoms with van der Waals surface area (Å²) in [5.41, 5.74) is 3.26. The van der Waals surface area contributed by atoms with Gasteiger partial charge >= 0.3 is 0 Å². The van der Waals surface area contributed by atoms with Gasteiger partial charge in [0.15, 0.2) is 11.5 Å². The zero-order valence-electron chi connectivity index (χ0n) is 17.7. The average molecular weight is 422 g/mol. The number of para-hydroxylation sites is 3. The minimum absolute atomic E-state index is 0.518. The molecule has 0 bridgehead atoms. The van der Waals surface area contributed by atoms with Gasteiger partial charge in [0.2, 0.25) is 0 Å². The number of pyridine rings is 1. The Morgan fingerprint density at radius 3 is 2.72 bits per heavy atom. The third kappa shape index (κ3) is 3.93. The van der Waals surface area contributed by atoms with Crippen LogP contribution in [0, 0.1) is 17.2 Å². The normalized spacial score (nSPS) is 13.4. The fourth-order valence-electron chi connectivity index (χ4n) is 3.61. The van der Waals surface area contributed by atoms with Crippen LogP contribution in [0.2, 0.25) is 0 Å². The lowest BCUT2D eigenvalue weighted by atomic mass is 10.1. The number of hydrogen-bond acceptors (Lipinski definition) is 5. The predicted molar refractivity (Wildman–Crippen MR) is 124 cm³/mol. The summed E-state index contributed by atoms with van der Waals surface area (Å²) in [5.74, 6) is 3.54. The summed E-state index contributed by atoms with van der Waals surface area (Å²) in [6, 6.07) is 19.5. The van der Waals surface area contributed by atoms with Gasteiger partial charge in [0.1, 0.15) is 17.7 Å². The number of nitrogens with zero attached hydrogens (tertiary/aromatic N) is 4. The third-order valence-electron chi connectivity index (χ3n) is 5.49. The van der Waals surface area contributed by atoms with Crippen LogP contribution in [-0.4, -0.2) is 28.3 Å². The molecule has 0 unspecified atom stereocenters. The molecule has 0 radical (unpaired) electrons. The number of fused-ring (bicyclic) bond motifs is 1. The number of benzene rings is 2.